The van der Waals surface area contributed by atoms with Gasteiger partial charge in [-0.1, -0.05) is 60.7 Å². The average molecular weight is 557 g/mol. The van der Waals surface area contributed by atoms with Gasteiger partial charge in [-0.25, -0.2) is 0 Å². The van der Waals surface area contributed by atoms with Gasteiger partial charge in [0.15, 0.2) is 0 Å². The Morgan fingerprint density at radius 3 is 1.78 bits per heavy atom. The molecule has 0 fully saturated rings. The van der Waals surface area contributed by atoms with Crippen LogP contribution in [-0.2, 0) is 0 Å². The zero-order chi connectivity index (χ0) is 26.7. The highest BCUT2D eigenvalue weighted by molar-refractivity contribution is 7.26. The predicted molar refractivity (Wildman–Crippen MR) is 180 cm³/mol. The number of rotatable bonds is 1. The van der Waals surface area contributed by atoms with Crippen molar-refractivity contribution in [3.05, 3.63) is 121 Å². The van der Waals surface area contributed by atoms with Gasteiger partial charge in [0.25, 0.3) is 0 Å². The lowest BCUT2D eigenvalue weighted by Gasteiger charge is -2.13. The van der Waals surface area contributed by atoms with E-state index in [1.54, 1.807) is 0 Å². The van der Waals surface area contributed by atoms with Crippen LogP contribution in [0.4, 0.5) is 0 Å². The zero-order valence-corrected chi connectivity index (χ0v) is 23.4. The standard InChI is InChI=1S/C38H20OS2/c1-4-10-33-23(7-1)30-15-21(13-14-34(30)39-33)26-16-22-17-37-31(24-8-2-5-11-35(24)40-37)18-27(22)29-20-38-32(19-28(26)29)25-9-3-6-12-36(25)41-38/h1-20H. The molecule has 1 nitrogen and oxygen atoms in total. The van der Waals surface area contributed by atoms with Crippen LogP contribution in [0.1, 0.15) is 0 Å². The second-order valence-corrected chi connectivity index (χ2v) is 13.1. The lowest BCUT2D eigenvalue weighted by molar-refractivity contribution is 0.669. The molecule has 0 aliphatic heterocycles. The third-order valence-electron chi connectivity index (χ3n) is 8.63. The molecule has 0 aliphatic rings. The van der Waals surface area contributed by atoms with Crippen molar-refractivity contribution >= 4 is 107 Å². The van der Waals surface area contributed by atoms with Gasteiger partial charge in [-0.15, -0.1) is 22.7 Å². The molecule has 0 amide bonds. The summed E-state index contributed by atoms with van der Waals surface area (Å²) in [5.41, 5.74) is 4.34. The van der Waals surface area contributed by atoms with Crippen molar-refractivity contribution in [3.63, 3.8) is 0 Å². The number of para-hydroxylation sites is 1. The van der Waals surface area contributed by atoms with Gasteiger partial charge in [-0.05, 0) is 93.3 Å². The molecule has 10 rings (SSSR count). The normalized spacial score (nSPS) is 12.4. The molecule has 0 saturated heterocycles. The van der Waals surface area contributed by atoms with E-state index in [4.69, 9.17) is 4.42 Å². The van der Waals surface area contributed by atoms with E-state index < -0.39 is 0 Å². The van der Waals surface area contributed by atoms with Crippen molar-refractivity contribution in [3.8, 4) is 11.1 Å². The SMILES string of the molecule is c1ccc2c(c1)oc1ccc(-c3cc4cc5sc6ccccc6c5cc4c4cc5sc6ccccc6c5cc34)cc12. The van der Waals surface area contributed by atoms with Crippen LogP contribution in [0.5, 0.6) is 0 Å². The average Bonchev–Trinajstić information content (AvgIpc) is 3.69. The van der Waals surface area contributed by atoms with Crippen molar-refractivity contribution < 1.29 is 4.42 Å². The first kappa shape index (κ1) is 22.0. The van der Waals surface area contributed by atoms with E-state index >= 15 is 0 Å². The third-order valence-corrected chi connectivity index (χ3v) is 10.9. The summed E-state index contributed by atoms with van der Waals surface area (Å²) in [6, 6.07) is 44.7. The van der Waals surface area contributed by atoms with E-state index in [0.717, 1.165) is 21.9 Å². The molecule has 0 spiro atoms. The fraction of sp³-hybridized carbons (Fsp3) is 0. The fourth-order valence-corrected chi connectivity index (χ4v) is 8.99. The van der Waals surface area contributed by atoms with Crippen molar-refractivity contribution in [2.24, 2.45) is 0 Å². The van der Waals surface area contributed by atoms with Gasteiger partial charge in [0.2, 0.25) is 0 Å². The summed E-state index contributed by atoms with van der Waals surface area (Å²) in [6.07, 6.45) is 0. The minimum Gasteiger partial charge on any atom is -0.456 e. The van der Waals surface area contributed by atoms with Gasteiger partial charge >= 0.3 is 0 Å². The number of furan rings is 1. The second-order valence-electron chi connectivity index (χ2n) is 10.9. The van der Waals surface area contributed by atoms with Crippen LogP contribution in [-0.4, -0.2) is 0 Å². The van der Waals surface area contributed by atoms with Crippen molar-refractivity contribution in [2.75, 3.05) is 0 Å². The van der Waals surface area contributed by atoms with Crippen LogP contribution < -0.4 is 0 Å². The monoisotopic (exact) mass is 556 g/mol. The highest BCUT2D eigenvalue weighted by atomic mass is 32.1. The Morgan fingerprint density at radius 1 is 0.366 bits per heavy atom. The Morgan fingerprint density at radius 2 is 1.00 bits per heavy atom. The van der Waals surface area contributed by atoms with E-state index in [-0.39, 0.29) is 0 Å². The second kappa shape index (κ2) is 7.94. The molecule has 0 aliphatic carbocycles. The summed E-state index contributed by atoms with van der Waals surface area (Å²) >= 11 is 3.77. The Bertz CT molecular complexity index is 2700. The molecule has 0 atom stereocenters. The van der Waals surface area contributed by atoms with Gasteiger partial charge < -0.3 is 4.42 Å². The van der Waals surface area contributed by atoms with E-state index in [0.29, 0.717) is 0 Å². The molecule has 0 radical (unpaired) electrons. The molecular formula is C38H20OS2. The first-order valence-corrected chi connectivity index (χ1v) is 15.5. The van der Waals surface area contributed by atoms with Crippen LogP contribution in [0.15, 0.2) is 126 Å². The third kappa shape index (κ3) is 3.05. The molecule has 7 aromatic carbocycles. The van der Waals surface area contributed by atoms with Crippen molar-refractivity contribution in [1.82, 2.24) is 0 Å². The summed E-state index contributed by atoms with van der Waals surface area (Å²) in [7, 11) is 0. The lowest BCUT2D eigenvalue weighted by atomic mass is 9.91. The van der Waals surface area contributed by atoms with Gasteiger partial charge in [-0.2, -0.15) is 0 Å². The summed E-state index contributed by atoms with van der Waals surface area (Å²) in [6.45, 7) is 0. The Balaban J connectivity index is 1.37. The number of fused-ring (bicyclic) bond motifs is 12. The number of hydrogen-bond donors (Lipinski definition) is 0. The van der Waals surface area contributed by atoms with Gasteiger partial charge in [0.05, 0.1) is 0 Å². The molecule has 41 heavy (non-hydrogen) atoms. The Hall–Kier alpha value is -4.70. The van der Waals surface area contributed by atoms with Crippen LogP contribution in [0.3, 0.4) is 0 Å². The highest BCUT2D eigenvalue weighted by Crippen LogP contribution is 2.45. The predicted octanol–water partition coefficient (Wildman–Crippen LogP) is 12.3. The van der Waals surface area contributed by atoms with Crippen LogP contribution in [0.2, 0.25) is 0 Å². The van der Waals surface area contributed by atoms with Gasteiger partial charge in [0, 0.05) is 51.1 Å². The smallest absolute Gasteiger partial charge is 0.135 e. The topological polar surface area (TPSA) is 13.1 Å². The van der Waals surface area contributed by atoms with E-state index in [9.17, 15) is 0 Å². The molecule has 3 heteroatoms. The quantitative estimate of drug-likeness (QED) is 0.183. The minimum absolute atomic E-state index is 0.929. The summed E-state index contributed by atoms with van der Waals surface area (Å²) in [4.78, 5) is 0. The maximum absolute atomic E-state index is 6.18. The summed E-state index contributed by atoms with van der Waals surface area (Å²) in [5.74, 6) is 0. The first-order valence-electron chi connectivity index (χ1n) is 13.8. The van der Waals surface area contributed by atoms with Crippen LogP contribution in [0, 0.1) is 0 Å². The molecule has 3 heterocycles. The maximum Gasteiger partial charge on any atom is 0.135 e. The maximum atomic E-state index is 6.18. The van der Waals surface area contributed by atoms with E-state index in [1.807, 2.05) is 28.7 Å². The first-order chi connectivity index (χ1) is 20.3. The molecule has 190 valence electrons. The number of thiophene rings is 2. The number of hydrogen-bond acceptors (Lipinski definition) is 3. The molecule has 0 saturated carbocycles. The molecular weight excluding hydrogens is 537 g/mol. The highest BCUT2D eigenvalue weighted by Gasteiger charge is 2.16. The summed E-state index contributed by atoms with van der Waals surface area (Å²) in [5, 5.41) is 12.9. The van der Waals surface area contributed by atoms with Crippen molar-refractivity contribution in [1.29, 1.82) is 0 Å². The minimum atomic E-state index is 0.929. The molecule has 0 bridgehead atoms. The summed E-state index contributed by atoms with van der Waals surface area (Å²) < 4.78 is 11.5. The largest absolute Gasteiger partial charge is 0.456 e. The molecule has 0 unspecified atom stereocenters. The molecule has 0 N–H and O–H groups in total. The Labute approximate surface area is 242 Å². The fourth-order valence-electron chi connectivity index (χ4n) is 6.72. The Kier molecular flexibility index (Phi) is 4.27. The van der Waals surface area contributed by atoms with Crippen LogP contribution >= 0.6 is 22.7 Å². The number of benzene rings is 7. The van der Waals surface area contributed by atoms with Gasteiger partial charge in [-0.3, -0.25) is 0 Å². The molecule has 3 aromatic heterocycles. The van der Waals surface area contributed by atoms with Crippen LogP contribution in [0.25, 0.3) is 95.0 Å². The van der Waals surface area contributed by atoms with E-state index in [1.165, 1.54) is 73.0 Å². The van der Waals surface area contributed by atoms with Crippen molar-refractivity contribution in [2.45, 2.75) is 0 Å². The lowest BCUT2D eigenvalue weighted by Crippen LogP contribution is -1.86. The van der Waals surface area contributed by atoms with Gasteiger partial charge in [0.1, 0.15) is 11.2 Å². The zero-order valence-electron chi connectivity index (χ0n) is 21.8. The van der Waals surface area contributed by atoms with E-state index in [2.05, 4.69) is 115 Å². The molecule has 10 aromatic rings.